The third kappa shape index (κ3) is 3.56. The van der Waals surface area contributed by atoms with Crippen molar-refractivity contribution in [1.29, 1.82) is 0 Å². The predicted octanol–water partition coefficient (Wildman–Crippen LogP) is 3.04. The van der Waals surface area contributed by atoms with E-state index in [0.717, 1.165) is 18.4 Å². The molecule has 7 nitrogen and oxygen atoms in total. The first-order valence-electron chi connectivity index (χ1n) is 8.59. The Morgan fingerprint density at radius 1 is 1.23 bits per heavy atom. The molecular formula is C19H19N5O2. The molecule has 1 aliphatic carbocycles. The molecule has 0 atom stereocenters. The highest BCUT2D eigenvalue weighted by Crippen LogP contribution is 2.34. The predicted molar refractivity (Wildman–Crippen MR) is 95.0 cm³/mol. The number of hydrogen-bond donors (Lipinski definition) is 1. The molecule has 0 spiro atoms. The SMILES string of the molecule is Cc1cccc(Oc2ccccc2C(=O)NCc2nnnn2C2CC2)c1. The zero-order chi connectivity index (χ0) is 17.9. The van der Waals surface area contributed by atoms with Crippen LogP contribution in [0, 0.1) is 6.92 Å². The Morgan fingerprint density at radius 2 is 2.08 bits per heavy atom. The van der Waals surface area contributed by atoms with Crippen LogP contribution in [0.15, 0.2) is 48.5 Å². The second-order valence-corrected chi connectivity index (χ2v) is 6.37. The highest BCUT2D eigenvalue weighted by atomic mass is 16.5. The number of carbonyl (C=O) groups excluding carboxylic acids is 1. The van der Waals surface area contributed by atoms with Crippen LogP contribution >= 0.6 is 0 Å². The van der Waals surface area contributed by atoms with Crippen LogP contribution in [-0.2, 0) is 6.54 Å². The third-order valence-electron chi connectivity index (χ3n) is 4.21. The van der Waals surface area contributed by atoms with Crippen molar-refractivity contribution in [3.8, 4) is 11.5 Å². The van der Waals surface area contributed by atoms with E-state index in [1.54, 1.807) is 16.8 Å². The number of rotatable bonds is 6. The number of para-hydroxylation sites is 1. The molecule has 7 heteroatoms. The molecule has 1 fully saturated rings. The van der Waals surface area contributed by atoms with Crippen molar-refractivity contribution in [2.75, 3.05) is 0 Å². The van der Waals surface area contributed by atoms with Crippen LogP contribution in [0.3, 0.4) is 0 Å². The Labute approximate surface area is 151 Å². The summed E-state index contributed by atoms with van der Waals surface area (Å²) in [4.78, 5) is 12.6. The van der Waals surface area contributed by atoms with Crippen molar-refractivity contribution in [2.45, 2.75) is 32.4 Å². The van der Waals surface area contributed by atoms with Crippen molar-refractivity contribution in [2.24, 2.45) is 0 Å². The molecule has 1 N–H and O–H groups in total. The van der Waals surface area contributed by atoms with Crippen molar-refractivity contribution >= 4 is 5.91 Å². The summed E-state index contributed by atoms with van der Waals surface area (Å²) in [5.74, 6) is 1.65. The van der Waals surface area contributed by atoms with Gasteiger partial charge >= 0.3 is 0 Å². The number of ether oxygens (including phenoxy) is 1. The number of benzene rings is 2. The van der Waals surface area contributed by atoms with Gasteiger partial charge in [0, 0.05) is 0 Å². The summed E-state index contributed by atoms with van der Waals surface area (Å²) < 4.78 is 7.70. The van der Waals surface area contributed by atoms with Gasteiger partial charge in [0.25, 0.3) is 5.91 Å². The van der Waals surface area contributed by atoms with Gasteiger partial charge in [-0.1, -0.05) is 24.3 Å². The van der Waals surface area contributed by atoms with E-state index in [4.69, 9.17) is 4.74 Å². The average molecular weight is 349 g/mol. The standard InChI is InChI=1S/C19H19N5O2/c1-13-5-4-6-15(11-13)26-17-8-3-2-7-16(17)19(25)20-12-18-21-22-23-24(18)14-9-10-14/h2-8,11,14H,9-10,12H2,1H3,(H,20,25). The fourth-order valence-corrected chi connectivity index (χ4v) is 2.73. The van der Waals surface area contributed by atoms with Gasteiger partial charge in [0.1, 0.15) is 11.5 Å². The summed E-state index contributed by atoms with van der Waals surface area (Å²) in [5.41, 5.74) is 1.57. The number of carbonyl (C=O) groups is 1. The summed E-state index contributed by atoms with van der Waals surface area (Å²) in [6.07, 6.45) is 2.16. The number of aromatic nitrogens is 4. The van der Waals surface area contributed by atoms with E-state index in [9.17, 15) is 4.79 Å². The number of nitrogens with zero attached hydrogens (tertiary/aromatic N) is 4. The van der Waals surface area contributed by atoms with Gasteiger partial charge in [-0.15, -0.1) is 5.10 Å². The minimum absolute atomic E-state index is 0.224. The lowest BCUT2D eigenvalue weighted by molar-refractivity contribution is 0.0947. The fourth-order valence-electron chi connectivity index (χ4n) is 2.73. The zero-order valence-corrected chi connectivity index (χ0v) is 14.4. The second kappa shape index (κ2) is 6.95. The third-order valence-corrected chi connectivity index (χ3v) is 4.21. The van der Waals surface area contributed by atoms with Crippen molar-refractivity contribution in [3.05, 3.63) is 65.5 Å². The number of aryl methyl sites for hydroxylation is 1. The lowest BCUT2D eigenvalue weighted by Crippen LogP contribution is -2.25. The van der Waals surface area contributed by atoms with Gasteiger partial charge in [-0.3, -0.25) is 4.79 Å². The molecule has 0 aliphatic heterocycles. The molecule has 0 unspecified atom stereocenters. The summed E-state index contributed by atoms with van der Waals surface area (Å²) in [6.45, 7) is 2.27. The maximum atomic E-state index is 12.6. The Kier molecular flexibility index (Phi) is 4.35. The fraction of sp³-hybridized carbons (Fsp3) is 0.263. The molecule has 1 heterocycles. The topological polar surface area (TPSA) is 81.9 Å². The summed E-state index contributed by atoms with van der Waals surface area (Å²) in [6, 6.07) is 15.3. The van der Waals surface area contributed by atoms with E-state index in [1.807, 2.05) is 43.3 Å². The summed E-state index contributed by atoms with van der Waals surface area (Å²) in [7, 11) is 0. The number of amides is 1. The van der Waals surface area contributed by atoms with E-state index in [0.29, 0.717) is 28.9 Å². The Morgan fingerprint density at radius 3 is 2.88 bits per heavy atom. The Balaban J connectivity index is 1.48. The molecular weight excluding hydrogens is 330 g/mol. The maximum Gasteiger partial charge on any atom is 0.255 e. The van der Waals surface area contributed by atoms with Crippen LogP contribution in [0.4, 0.5) is 0 Å². The maximum absolute atomic E-state index is 12.6. The van der Waals surface area contributed by atoms with Gasteiger partial charge in [-0.25, -0.2) is 4.68 Å². The van der Waals surface area contributed by atoms with E-state index >= 15 is 0 Å². The van der Waals surface area contributed by atoms with E-state index in [1.165, 1.54) is 0 Å². The first kappa shape index (κ1) is 16.3. The molecule has 3 aromatic rings. The largest absolute Gasteiger partial charge is 0.457 e. The van der Waals surface area contributed by atoms with Crippen LogP contribution in [0.1, 0.15) is 40.6 Å². The van der Waals surface area contributed by atoms with Crippen LogP contribution in [0.25, 0.3) is 0 Å². The Hall–Kier alpha value is -3.22. The molecule has 0 bridgehead atoms. The van der Waals surface area contributed by atoms with Crippen molar-refractivity contribution in [1.82, 2.24) is 25.5 Å². The highest BCUT2D eigenvalue weighted by Gasteiger charge is 2.27. The van der Waals surface area contributed by atoms with Crippen molar-refractivity contribution < 1.29 is 9.53 Å². The first-order chi connectivity index (χ1) is 12.7. The van der Waals surface area contributed by atoms with Crippen LogP contribution in [0.5, 0.6) is 11.5 Å². The minimum atomic E-state index is -0.224. The van der Waals surface area contributed by atoms with Gasteiger partial charge in [0.15, 0.2) is 5.82 Å². The van der Waals surface area contributed by atoms with Gasteiger partial charge in [-0.05, 0) is 60.0 Å². The summed E-state index contributed by atoms with van der Waals surface area (Å²) in [5, 5.41) is 14.6. The second-order valence-electron chi connectivity index (χ2n) is 6.37. The number of hydrogen-bond acceptors (Lipinski definition) is 5. The van der Waals surface area contributed by atoms with E-state index in [2.05, 4.69) is 20.8 Å². The van der Waals surface area contributed by atoms with Crippen molar-refractivity contribution in [3.63, 3.8) is 0 Å². The molecule has 1 saturated carbocycles. The lowest BCUT2D eigenvalue weighted by Gasteiger charge is -2.12. The van der Waals surface area contributed by atoms with Crippen LogP contribution in [-0.4, -0.2) is 26.1 Å². The molecule has 26 heavy (non-hydrogen) atoms. The molecule has 4 rings (SSSR count). The minimum Gasteiger partial charge on any atom is -0.457 e. The Bertz CT molecular complexity index is 933. The van der Waals surface area contributed by atoms with Gasteiger partial charge in [0.2, 0.25) is 0 Å². The molecule has 1 aromatic heterocycles. The molecule has 1 amide bonds. The normalized spacial score (nSPS) is 13.4. The monoisotopic (exact) mass is 349 g/mol. The lowest BCUT2D eigenvalue weighted by atomic mass is 10.2. The van der Waals surface area contributed by atoms with E-state index < -0.39 is 0 Å². The van der Waals surface area contributed by atoms with Gasteiger partial charge in [-0.2, -0.15) is 0 Å². The molecule has 132 valence electrons. The highest BCUT2D eigenvalue weighted by molar-refractivity contribution is 5.96. The summed E-state index contributed by atoms with van der Waals surface area (Å²) >= 11 is 0. The van der Waals surface area contributed by atoms with Crippen LogP contribution < -0.4 is 10.1 Å². The van der Waals surface area contributed by atoms with Gasteiger partial charge in [0.05, 0.1) is 18.2 Å². The van der Waals surface area contributed by atoms with Crippen LogP contribution in [0.2, 0.25) is 0 Å². The quantitative estimate of drug-likeness (QED) is 0.740. The number of nitrogens with one attached hydrogen (secondary N) is 1. The molecule has 0 saturated heterocycles. The van der Waals surface area contributed by atoms with E-state index in [-0.39, 0.29) is 12.5 Å². The molecule has 2 aromatic carbocycles. The average Bonchev–Trinajstić information content (AvgIpc) is 3.38. The first-order valence-corrected chi connectivity index (χ1v) is 8.59. The molecule has 0 radical (unpaired) electrons. The molecule has 1 aliphatic rings. The van der Waals surface area contributed by atoms with Gasteiger partial charge < -0.3 is 10.1 Å². The number of tetrazole rings is 1. The smallest absolute Gasteiger partial charge is 0.255 e. The zero-order valence-electron chi connectivity index (χ0n) is 14.4.